The van der Waals surface area contributed by atoms with E-state index in [1.807, 2.05) is 6.92 Å². The zero-order valence-electron chi connectivity index (χ0n) is 4.76. The molecule has 0 aromatic rings. The fourth-order valence-electron chi connectivity index (χ4n) is 0.283. The summed E-state index contributed by atoms with van der Waals surface area (Å²) in [5.74, 6) is 0.128. The van der Waals surface area contributed by atoms with Crippen LogP contribution in [0.3, 0.4) is 0 Å². The van der Waals surface area contributed by atoms with Gasteiger partial charge in [-0.1, -0.05) is 6.92 Å². The molecule has 0 unspecified atom stereocenters. The maximum Gasteiger partial charge on any atom is 0.141 e. The minimum absolute atomic E-state index is 0.128. The van der Waals surface area contributed by atoms with Crippen molar-refractivity contribution < 1.29 is 8.42 Å². The number of rotatable bonds is 4. The van der Waals surface area contributed by atoms with Crippen molar-refractivity contribution in [2.45, 2.75) is 6.92 Å². The molecule has 0 saturated carbocycles. The normalized spacial score (nSPS) is 10.2. The first-order valence-electron chi connectivity index (χ1n) is 2.44. The molecule has 0 spiro atoms. The lowest BCUT2D eigenvalue weighted by molar-refractivity contribution is 0.614. The summed E-state index contributed by atoms with van der Waals surface area (Å²) >= 11 is 0. The highest BCUT2D eigenvalue weighted by atomic mass is 32.2. The molecule has 0 heterocycles. The van der Waals surface area contributed by atoms with E-state index in [2.05, 4.69) is 5.32 Å². The molecule has 0 aromatic carbocycles. The number of hydrogen-bond acceptors (Lipinski definition) is 3. The monoisotopic (exact) mass is 136 g/mol. The first-order valence-corrected chi connectivity index (χ1v) is 3.80. The predicted molar refractivity (Wildman–Crippen MR) is 33.2 cm³/mol. The second kappa shape index (κ2) is 5.05. The molecule has 0 aliphatic carbocycles. The third kappa shape index (κ3) is 5.91. The second-order valence-corrected chi connectivity index (χ2v) is 2.31. The molecule has 0 bridgehead atoms. The van der Waals surface area contributed by atoms with Crippen LogP contribution >= 0.6 is 0 Å². The van der Waals surface area contributed by atoms with Crippen molar-refractivity contribution in [1.82, 2.24) is 5.32 Å². The Labute approximate surface area is 51.0 Å². The Hall–Kier alpha value is -0.0900. The van der Waals surface area contributed by atoms with Gasteiger partial charge in [0.15, 0.2) is 0 Å². The lowest BCUT2D eigenvalue weighted by Crippen LogP contribution is -2.11. The molecule has 3 nitrogen and oxygen atoms in total. The van der Waals surface area contributed by atoms with E-state index >= 15 is 0 Å². The molecular weight excluding hydrogens is 126 g/mol. The summed E-state index contributed by atoms with van der Waals surface area (Å²) in [7, 11) is -2.23. The van der Waals surface area contributed by atoms with Crippen molar-refractivity contribution in [3.8, 4) is 0 Å². The van der Waals surface area contributed by atoms with Gasteiger partial charge >= 0.3 is 0 Å². The largest absolute Gasteiger partial charge is 0.312 e. The molecule has 4 heteroatoms. The van der Waals surface area contributed by atoms with Gasteiger partial charge in [-0.15, -0.1) is 0 Å². The van der Waals surface area contributed by atoms with E-state index in [1.165, 1.54) is 6.54 Å². The first-order chi connectivity index (χ1) is 3.77. The summed E-state index contributed by atoms with van der Waals surface area (Å²) in [5, 5.41) is 2.77. The van der Waals surface area contributed by atoms with E-state index in [4.69, 9.17) is 0 Å². The van der Waals surface area contributed by atoms with E-state index < -0.39 is 10.7 Å². The SMILES string of the molecule is CCN[CH]C[SH](=O)=O. The number of thiol groups is 1. The summed E-state index contributed by atoms with van der Waals surface area (Å²) in [6.45, 7) is 4.23. The lowest BCUT2D eigenvalue weighted by atomic mass is 10.7. The van der Waals surface area contributed by atoms with E-state index in [0.29, 0.717) is 0 Å². The van der Waals surface area contributed by atoms with Crippen LogP contribution in [-0.4, -0.2) is 20.7 Å². The summed E-state index contributed by atoms with van der Waals surface area (Å²) in [6, 6.07) is 0. The molecule has 8 heavy (non-hydrogen) atoms. The summed E-state index contributed by atoms with van der Waals surface area (Å²) < 4.78 is 19.7. The fraction of sp³-hybridized carbons (Fsp3) is 0.750. The highest BCUT2D eigenvalue weighted by Gasteiger charge is 1.83. The van der Waals surface area contributed by atoms with Gasteiger partial charge in [-0.3, -0.25) is 0 Å². The topological polar surface area (TPSA) is 46.2 Å². The second-order valence-electron chi connectivity index (χ2n) is 1.28. The van der Waals surface area contributed by atoms with Gasteiger partial charge in [-0.2, -0.15) is 0 Å². The van der Waals surface area contributed by atoms with Crippen LogP contribution in [0, 0.1) is 6.54 Å². The third-order valence-electron chi connectivity index (χ3n) is 0.589. The summed E-state index contributed by atoms with van der Waals surface area (Å²) in [6.07, 6.45) is 0. The van der Waals surface area contributed by atoms with Crippen molar-refractivity contribution in [2.75, 3.05) is 12.3 Å². The molecule has 0 aromatic heterocycles. The van der Waals surface area contributed by atoms with Gasteiger partial charge in [-0.25, -0.2) is 8.42 Å². The minimum atomic E-state index is -2.23. The minimum Gasteiger partial charge on any atom is -0.312 e. The van der Waals surface area contributed by atoms with Crippen LogP contribution in [0.15, 0.2) is 0 Å². The maximum atomic E-state index is 9.84. The third-order valence-corrected chi connectivity index (χ3v) is 1.07. The van der Waals surface area contributed by atoms with Crippen molar-refractivity contribution in [3.05, 3.63) is 6.54 Å². The Morgan fingerprint density at radius 3 is 2.62 bits per heavy atom. The zero-order valence-corrected chi connectivity index (χ0v) is 5.65. The van der Waals surface area contributed by atoms with Crippen LogP contribution in [0.2, 0.25) is 0 Å². The van der Waals surface area contributed by atoms with Crippen LogP contribution in [0.5, 0.6) is 0 Å². The maximum absolute atomic E-state index is 9.84. The molecule has 0 rings (SSSR count). The van der Waals surface area contributed by atoms with Crippen molar-refractivity contribution in [3.63, 3.8) is 0 Å². The van der Waals surface area contributed by atoms with Crippen LogP contribution in [0.1, 0.15) is 6.92 Å². The number of hydrogen-bond donors (Lipinski definition) is 2. The highest BCUT2D eigenvalue weighted by Crippen LogP contribution is 1.68. The predicted octanol–water partition coefficient (Wildman–Crippen LogP) is -0.631. The summed E-state index contributed by atoms with van der Waals surface area (Å²) in [4.78, 5) is 0. The van der Waals surface area contributed by atoms with Gasteiger partial charge in [0.2, 0.25) is 0 Å². The Morgan fingerprint density at radius 2 is 2.25 bits per heavy atom. The van der Waals surface area contributed by atoms with Crippen molar-refractivity contribution in [2.24, 2.45) is 0 Å². The Morgan fingerprint density at radius 1 is 1.62 bits per heavy atom. The molecule has 1 radical (unpaired) electrons. The van der Waals surface area contributed by atoms with Crippen molar-refractivity contribution >= 4 is 10.7 Å². The molecule has 0 saturated heterocycles. The average molecular weight is 136 g/mol. The molecule has 0 atom stereocenters. The Balaban J connectivity index is 2.94. The molecule has 0 amide bonds. The highest BCUT2D eigenvalue weighted by molar-refractivity contribution is 7.72. The van der Waals surface area contributed by atoms with Gasteiger partial charge in [-0.05, 0) is 6.54 Å². The first kappa shape index (κ1) is 7.91. The Kier molecular flexibility index (Phi) is 5.00. The smallest absolute Gasteiger partial charge is 0.141 e. The zero-order chi connectivity index (χ0) is 6.41. The van der Waals surface area contributed by atoms with Gasteiger partial charge < -0.3 is 5.32 Å². The molecule has 0 aliphatic heterocycles. The standard InChI is InChI=1S/C4H10NO2S/c1-2-5-3-4-8(6)7/h3,5,8H,2,4H2,1H3. The van der Waals surface area contributed by atoms with E-state index in [9.17, 15) is 8.42 Å². The fourth-order valence-corrected chi connectivity index (χ4v) is 0.562. The van der Waals surface area contributed by atoms with Gasteiger partial charge in [0.05, 0.1) is 5.75 Å². The van der Waals surface area contributed by atoms with Gasteiger partial charge in [0, 0.05) is 6.54 Å². The van der Waals surface area contributed by atoms with Crippen LogP contribution < -0.4 is 5.32 Å². The van der Waals surface area contributed by atoms with Crippen LogP contribution in [-0.2, 0) is 10.7 Å². The molecule has 49 valence electrons. The molecule has 0 fully saturated rings. The summed E-state index contributed by atoms with van der Waals surface area (Å²) in [5.41, 5.74) is 0. The quantitative estimate of drug-likeness (QED) is 0.399. The van der Waals surface area contributed by atoms with Crippen molar-refractivity contribution in [1.29, 1.82) is 0 Å². The van der Waals surface area contributed by atoms with E-state index in [-0.39, 0.29) is 5.75 Å². The van der Waals surface area contributed by atoms with Gasteiger partial charge in [0.25, 0.3) is 0 Å². The molecule has 1 N–H and O–H groups in total. The van der Waals surface area contributed by atoms with Gasteiger partial charge in [0.1, 0.15) is 10.7 Å². The van der Waals surface area contributed by atoms with E-state index in [0.717, 1.165) is 6.54 Å². The Bertz CT molecular complexity index is 103. The molecular formula is C4H10NO2S. The molecule has 0 aliphatic rings. The van der Waals surface area contributed by atoms with Crippen LogP contribution in [0.25, 0.3) is 0 Å². The van der Waals surface area contributed by atoms with E-state index in [1.54, 1.807) is 0 Å². The lowest BCUT2D eigenvalue weighted by Gasteiger charge is -1.91. The number of nitrogens with one attached hydrogen (secondary N) is 1. The average Bonchev–Trinajstić information content (AvgIpc) is 1.66. The van der Waals surface area contributed by atoms with Crippen LogP contribution in [0.4, 0.5) is 0 Å².